The van der Waals surface area contributed by atoms with Gasteiger partial charge in [-0.05, 0) is 40.8 Å². The summed E-state index contributed by atoms with van der Waals surface area (Å²) in [6.45, 7) is 10.3. The van der Waals surface area contributed by atoms with Crippen molar-refractivity contribution in [3.8, 4) is 5.75 Å². The van der Waals surface area contributed by atoms with Crippen LogP contribution in [-0.2, 0) is 19.7 Å². The highest BCUT2D eigenvalue weighted by Gasteiger charge is 2.46. The maximum absolute atomic E-state index is 13.2. The van der Waals surface area contributed by atoms with Gasteiger partial charge in [-0.1, -0.05) is 45.0 Å². The monoisotopic (exact) mass is 478 g/mol. The third-order valence-corrected chi connectivity index (χ3v) is 6.76. The molecule has 0 radical (unpaired) electrons. The predicted molar refractivity (Wildman–Crippen MR) is 134 cm³/mol. The Bertz CT molecular complexity index is 1090. The first kappa shape index (κ1) is 24.9. The lowest BCUT2D eigenvalue weighted by Crippen LogP contribution is -2.42. The average molecular weight is 479 g/mol. The molecule has 2 fully saturated rings. The smallest absolute Gasteiger partial charge is 0.295 e. The van der Waals surface area contributed by atoms with E-state index in [1.54, 1.807) is 36.3 Å². The SMILES string of the molecule is COc1ccc(C(O)=C2C(=O)C(=O)N(CCN3CCOCC3)[C@@H]2c2ccc(C(C)(C)C)cc2)cc1. The van der Waals surface area contributed by atoms with Crippen LogP contribution in [0.15, 0.2) is 54.1 Å². The lowest BCUT2D eigenvalue weighted by molar-refractivity contribution is -0.140. The molecule has 2 saturated heterocycles. The van der Waals surface area contributed by atoms with Crippen LogP contribution >= 0.6 is 0 Å². The Morgan fingerprint density at radius 3 is 2.20 bits per heavy atom. The number of morpholine rings is 1. The summed E-state index contributed by atoms with van der Waals surface area (Å²) in [5.41, 5.74) is 2.51. The number of benzene rings is 2. The van der Waals surface area contributed by atoms with Crippen LogP contribution < -0.4 is 4.74 Å². The van der Waals surface area contributed by atoms with E-state index in [0.29, 0.717) is 37.6 Å². The van der Waals surface area contributed by atoms with Gasteiger partial charge in [0, 0.05) is 31.7 Å². The highest BCUT2D eigenvalue weighted by molar-refractivity contribution is 6.46. The Labute approximate surface area is 206 Å². The summed E-state index contributed by atoms with van der Waals surface area (Å²) in [6.07, 6.45) is 0. The number of aliphatic hydroxyl groups is 1. The van der Waals surface area contributed by atoms with Gasteiger partial charge >= 0.3 is 0 Å². The molecular weight excluding hydrogens is 444 g/mol. The molecule has 35 heavy (non-hydrogen) atoms. The quantitative estimate of drug-likeness (QED) is 0.387. The Hall–Kier alpha value is -3.16. The molecule has 7 nitrogen and oxygen atoms in total. The summed E-state index contributed by atoms with van der Waals surface area (Å²) in [4.78, 5) is 30.3. The maximum Gasteiger partial charge on any atom is 0.295 e. The molecule has 2 heterocycles. The van der Waals surface area contributed by atoms with Gasteiger partial charge in [0.1, 0.15) is 11.5 Å². The Morgan fingerprint density at radius 1 is 1.00 bits per heavy atom. The number of hydrogen-bond donors (Lipinski definition) is 1. The molecule has 0 unspecified atom stereocenters. The van der Waals surface area contributed by atoms with Crippen molar-refractivity contribution in [1.82, 2.24) is 9.80 Å². The van der Waals surface area contributed by atoms with Gasteiger partial charge in [0.15, 0.2) is 0 Å². The minimum atomic E-state index is -0.662. The van der Waals surface area contributed by atoms with Crippen LogP contribution in [0.2, 0.25) is 0 Å². The van der Waals surface area contributed by atoms with E-state index in [0.717, 1.165) is 24.2 Å². The largest absolute Gasteiger partial charge is 0.507 e. The average Bonchev–Trinajstić information content (AvgIpc) is 3.12. The summed E-state index contributed by atoms with van der Waals surface area (Å²) in [5, 5.41) is 11.2. The number of nitrogens with zero attached hydrogens (tertiary/aromatic N) is 2. The molecule has 2 aromatic carbocycles. The molecule has 0 bridgehead atoms. The lowest BCUT2D eigenvalue weighted by atomic mass is 9.85. The van der Waals surface area contributed by atoms with Crippen LogP contribution in [0.25, 0.3) is 5.76 Å². The number of Topliss-reactive ketones (excluding diaryl/α,β-unsaturated/α-hetero) is 1. The van der Waals surface area contributed by atoms with E-state index in [9.17, 15) is 14.7 Å². The zero-order valence-electron chi connectivity index (χ0n) is 20.9. The van der Waals surface area contributed by atoms with Gasteiger partial charge in [0.05, 0.1) is 31.9 Å². The van der Waals surface area contributed by atoms with Gasteiger partial charge in [-0.15, -0.1) is 0 Å². The molecule has 0 aromatic heterocycles. The number of ketones is 1. The highest BCUT2D eigenvalue weighted by Crippen LogP contribution is 2.40. The Balaban J connectivity index is 1.74. The van der Waals surface area contributed by atoms with E-state index in [1.807, 2.05) is 24.3 Å². The molecule has 2 aromatic rings. The van der Waals surface area contributed by atoms with Gasteiger partial charge in [0.25, 0.3) is 11.7 Å². The first-order chi connectivity index (χ1) is 16.7. The van der Waals surface area contributed by atoms with Crippen LogP contribution in [0, 0.1) is 0 Å². The summed E-state index contributed by atoms with van der Waals surface area (Å²) in [6, 6.07) is 14.1. The fraction of sp³-hybridized carbons (Fsp3) is 0.429. The van der Waals surface area contributed by atoms with Crippen molar-refractivity contribution in [2.75, 3.05) is 46.5 Å². The van der Waals surface area contributed by atoms with Crippen molar-refractivity contribution >= 4 is 17.4 Å². The number of aliphatic hydroxyl groups excluding tert-OH is 1. The summed E-state index contributed by atoms with van der Waals surface area (Å²) in [7, 11) is 1.57. The van der Waals surface area contributed by atoms with Crippen LogP contribution in [0.4, 0.5) is 0 Å². The molecule has 0 spiro atoms. The maximum atomic E-state index is 13.2. The summed E-state index contributed by atoms with van der Waals surface area (Å²) >= 11 is 0. The topological polar surface area (TPSA) is 79.3 Å². The molecular formula is C28H34N2O5. The molecule has 186 valence electrons. The van der Waals surface area contributed by atoms with Gasteiger partial charge in [-0.25, -0.2) is 0 Å². The molecule has 2 aliphatic heterocycles. The van der Waals surface area contributed by atoms with E-state index in [-0.39, 0.29) is 16.7 Å². The molecule has 2 aliphatic rings. The van der Waals surface area contributed by atoms with Crippen molar-refractivity contribution in [2.45, 2.75) is 32.2 Å². The number of amides is 1. The molecule has 7 heteroatoms. The van der Waals surface area contributed by atoms with Crippen LogP contribution in [0.1, 0.15) is 43.5 Å². The number of rotatable bonds is 6. The third-order valence-electron chi connectivity index (χ3n) is 6.76. The van der Waals surface area contributed by atoms with Crippen molar-refractivity contribution < 1.29 is 24.2 Å². The molecule has 1 N–H and O–H groups in total. The minimum absolute atomic E-state index is 0.0280. The zero-order chi connectivity index (χ0) is 25.2. The highest BCUT2D eigenvalue weighted by atomic mass is 16.5. The van der Waals surface area contributed by atoms with Crippen molar-refractivity contribution in [1.29, 1.82) is 0 Å². The zero-order valence-corrected chi connectivity index (χ0v) is 20.9. The van der Waals surface area contributed by atoms with E-state index < -0.39 is 17.7 Å². The first-order valence-corrected chi connectivity index (χ1v) is 12.0. The number of hydrogen-bond acceptors (Lipinski definition) is 6. The van der Waals surface area contributed by atoms with Crippen LogP contribution in [0.5, 0.6) is 5.75 Å². The second-order valence-corrected chi connectivity index (χ2v) is 10.0. The normalized spacial score (nSPS) is 20.9. The summed E-state index contributed by atoms with van der Waals surface area (Å²) in [5.74, 6) is -0.782. The number of carbonyl (C=O) groups excluding carboxylic acids is 2. The molecule has 0 saturated carbocycles. The number of likely N-dealkylation sites (tertiary alicyclic amines) is 1. The van der Waals surface area contributed by atoms with E-state index in [2.05, 4.69) is 25.7 Å². The van der Waals surface area contributed by atoms with Crippen molar-refractivity contribution in [2.24, 2.45) is 0 Å². The molecule has 1 amide bonds. The fourth-order valence-electron chi connectivity index (χ4n) is 4.60. The van der Waals surface area contributed by atoms with Gasteiger partial charge in [-0.3, -0.25) is 14.5 Å². The number of methoxy groups -OCH3 is 1. The van der Waals surface area contributed by atoms with Crippen molar-refractivity contribution in [3.63, 3.8) is 0 Å². The number of ether oxygens (including phenoxy) is 2. The summed E-state index contributed by atoms with van der Waals surface area (Å²) < 4.78 is 10.6. The van der Waals surface area contributed by atoms with Gasteiger partial charge < -0.3 is 19.5 Å². The lowest BCUT2D eigenvalue weighted by Gasteiger charge is -2.31. The fourth-order valence-corrected chi connectivity index (χ4v) is 4.60. The van der Waals surface area contributed by atoms with Gasteiger partial charge in [-0.2, -0.15) is 0 Å². The van der Waals surface area contributed by atoms with Gasteiger partial charge in [0.2, 0.25) is 0 Å². The predicted octanol–water partition coefficient (Wildman–Crippen LogP) is 3.75. The van der Waals surface area contributed by atoms with Crippen LogP contribution in [0.3, 0.4) is 0 Å². The number of carbonyl (C=O) groups is 2. The Kier molecular flexibility index (Phi) is 7.28. The molecule has 0 aliphatic carbocycles. The molecule has 1 atom stereocenters. The third kappa shape index (κ3) is 5.26. The minimum Gasteiger partial charge on any atom is -0.507 e. The first-order valence-electron chi connectivity index (χ1n) is 12.0. The standard InChI is InChI=1S/C28H34N2O5/c1-28(2,3)21-9-5-19(6-10-21)24-23(25(31)20-7-11-22(34-4)12-8-20)26(32)27(33)30(24)14-13-29-15-17-35-18-16-29/h5-12,24,31H,13-18H2,1-4H3/t24-/m1/s1. The second kappa shape index (κ2) is 10.2. The second-order valence-electron chi connectivity index (χ2n) is 10.0. The molecule has 4 rings (SSSR count). The van der Waals surface area contributed by atoms with Crippen molar-refractivity contribution in [3.05, 3.63) is 70.8 Å². The van der Waals surface area contributed by atoms with E-state index in [1.165, 1.54) is 0 Å². The Morgan fingerprint density at radius 2 is 1.63 bits per heavy atom. The van der Waals surface area contributed by atoms with E-state index in [4.69, 9.17) is 9.47 Å². The van der Waals surface area contributed by atoms with Crippen LogP contribution in [-0.4, -0.2) is 73.1 Å². The van der Waals surface area contributed by atoms with E-state index >= 15 is 0 Å².